The van der Waals surface area contributed by atoms with Crippen LogP contribution in [0.15, 0.2) is 24.5 Å². The molecule has 2 fully saturated rings. The van der Waals surface area contributed by atoms with Crippen LogP contribution in [0, 0.1) is 5.92 Å². The molecule has 0 N–H and O–H groups in total. The van der Waals surface area contributed by atoms with Crippen molar-refractivity contribution in [3.8, 4) is 0 Å². The number of carbonyl (C=O) groups is 1. The lowest BCUT2D eigenvalue weighted by atomic mass is 10.1. The molecule has 1 aliphatic heterocycles. The minimum absolute atomic E-state index is 0.0835. The summed E-state index contributed by atoms with van der Waals surface area (Å²) in [5, 5.41) is 0. The number of hydrogen-bond donors (Lipinski definition) is 0. The van der Waals surface area contributed by atoms with Crippen LogP contribution in [-0.4, -0.2) is 66.8 Å². The lowest BCUT2D eigenvalue weighted by Gasteiger charge is -2.38. The molecule has 0 bridgehead atoms. The van der Waals surface area contributed by atoms with E-state index in [4.69, 9.17) is 9.47 Å². The predicted molar refractivity (Wildman–Crippen MR) is 85.9 cm³/mol. The van der Waals surface area contributed by atoms with Gasteiger partial charge >= 0.3 is 6.03 Å². The summed E-state index contributed by atoms with van der Waals surface area (Å²) in [7, 11) is 3.60. The van der Waals surface area contributed by atoms with E-state index >= 15 is 0 Å². The highest BCUT2D eigenvalue weighted by molar-refractivity contribution is 5.74. The summed E-state index contributed by atoms with van der Waals surface area (Å²) in [6.07, 6.45) is 5.67. The second kappa shape index (κ2) is 7.27. The molecule has 3 atom stereocenters. The van der Waals surface area contributed by atoms with Crippen LogP contribution in [0.4, 0.5) is 4.79 Å². The third-order valence-electron chi connectivity index (χ3n) is 4.61. The number of fused-ring (bicyclic) bond motifs is 1. The predicted octanol–water partition coefficient (Wildman–Crippen LogP) is 1.76. The van der Waals surface area contributed by atoms with Gasteiger partial charge in [-0.3, -0.25) is 4.98 Å². The van der Waals surface area contributed by atoms with Gasteiger partial charge in [0.25, 0.3) is 0 Å². The molecule has 23 heavy (non-hydrogen) atoms. The van der Waals surface area contributed by atoms with Crippen molar-refractivity contribution in [1.82, 2.24) is 14.8 Å². The summed E-state index contributed by atoms with van der Waals surface area (Å²) in [5.74, 6) is 0.442. The summed E-state index contributed by atoms with van der Waals surface area (Å²) in [5.41, 5.74) is 1.09. The van der Waals surface area contributed by atoms with Crippen molar-refractivity contribution in [3.63, 3.8) is 0 Å². The molecule has 2 amide bonds. The van der Waals surface area contributed by atoms with Crippen LogP contribution < -0.4 is 0 Å². The normalized spacial score (nSPS) is 26.9. The molecule has 0 aromatic carbocycles. The van der Waals surface area contributed by atoms with E-state index in [1.807, 2.05) is 23.2 Å². The summed E-state index contributed by atoms with van der Waals surface area (Å²) < 4.78 is 11.7. The minimum Gasteiger partial charge on any atom is -0.376 e. The molecule has 2 aliphatic rings. The second-order valence-electron chi connectivity index (χ2n) is 6.56. The van der Waals surface area contributed by atoms with Gasteiger partial charge in [0.15, 0.2) is 0 Å². The molecule has 1 aromatic heterocycles. The van der Waals surface area contributed by atoms with Crippen molar-refractivity contribution in [2.45, 2.75) is 31.6 Å². The van der Waals surface area contributed by atoms with Crippen LogP contribution in [0.5, 0.6) is 0 Å². The fraction of sp³-hybridized carbons (Fsp3) is 0.647. The summed E-state index contributed by atoms with van der Waals surface area (Å²) >= 11 is 0. The maximum absolute atomic E-state index is 12.3. The first kappa shape index (κ1) is 16.2. The van der Waals surface area contributed by atoms with Crippen LogP contribution in [0.25, 0.3) is 0 Å². The van der Waals surface area contributed by atoms with Crippen LogP contribution in [0.2, 0.25) is 0 Å². The van der Waals surface area contributed by atoms with Crippen molar-refractivity contribution >= 4 is 6.03 Å². The van der Waals surface area contributed by atoms with Gasteiger partial charge in [-0.25, -0.2) is 4.79 Å². The first-order valence-electron chi connectivity index (χ1n) is 8.21. The topological polar surface area (TPSA) is 54.9 Å². The van der Waals surface area contributed by atoms with Crippen LogP contribution in [-0.2, 0) is 16.1 Å². The molecule has 126 valence electrons. The Hall–Kier alpha value is -1.66. The Morgan fingerprint density at radius 1 is 1.48 bits per heavy atom. The molecule has 0 unspecified atom stereocenters. The number of urea groups is 1. The van der Waals surface area contributed by atoms with E-state index in [0.717, 1.165) is 18.4 Å². The van der Waals surface area contributed by atoms with Crippen molar-refractivity contribution in [3.05, 3.63) is 30.1 Å². The number of ether oxygens (including phenoxy) is 2. The highest BCUT2D eigenvalue weighted by atomic mass is 16.5. The van der Waals surface area contributed by atoms with Gasteiger partial charge in [0.05, 0.1) is 32.0 Å². The average Bonchev–Trinajstić information content (AvgIpc) is 2.97. The van der Waals surface area contributed by atoms with E-state index in [-0.39, 0.29) is 18.2 Å². The summed E-state index contributed by atoms with van der Waals surface area (Å²) in [6.45, 7) is 2.60. The molecule has 1 saturated carbocycles. The molecule has 3 rings (SSSR count). The Labute approximate surface area is 137 Å². The maximum atomic E-state index is 12.3. The average molecular weight is 319 g/mol. The Morgan fingerprint density at radius 3 is 3.09 bits per heavy atom. The molecule has 0 spiro atoms. The Kier molecular flexibility index (Phi) is 5.13. The van der Waals surface area contributed by atoms with Crippen LogP contribution in [0.1, 0.15) is 18.4 Å². The number of hydrogen-bond acceptors (Lipinski definition) is 4. The number of pyridine rings is 1. The fourth-order valence-corrected chi connectivity index (χ4v) is 3.51. The third-order valence-corrected chi connectivity index (χ3v) is 4.61. The summed E-state index contributed by atoms with van der Waals surface area (Å²) in [4.78, 5) is 20.0. The lowest BCUT2D eigenvalue weighted by molar-refractivity contribution is -0.0423. The van der Waals surface area contributed by atoms with E-state index in [1.165, 1.54) is 0 Å². The molecule has 0 radical (unpaired) electrons. The smallest absolute Gasteiger partial charge is 0.319 e. The standard InChI is InChI=1S/C17H25N3O3/c1-19(2)17(21)20-6-7-23-16-9-14(8-15(16)20)12-22-11-13-4-3-5-18-10-13/h3-5,10,14-16H,6-9,11-12H2,1-2H3/t14-,15+,16+/m0/s1. The molecular formula is C17H25N3O3. The van der Waals surface area contributed by atoms with Crippen LogP contribution >= 0.6 is 0 Å². The largest absolute Gasteiger partial charge is 0.376 e. The van der Waals surface area contributed by atoms with E-state index in [2.05, 4.69) is 4.98 Å². The quantitative estimate of drug-likeness (QED) is 0.848. The van der Waals surface area contributed by atoms with E-state index in [9.17, 15) is 4.79 Å². The number of rotatable bonds is 4. The molecule has 6 nitrogen and oxygen atoms in total. The minimum atomic E-state index is 0.0835. The molecule has 1 saturated heterocycles. The van der Waals surface area contributed by atoms with Gasteiger partial charge in [-0.2, -0.15) is 0 Å². The lowest BCUT2D eigenvalue weighted by Crippen LogP contribution is -2.54. The number of amides is 2. The molecule has 6 heteroatoms. The van der Waals surface area contributed by atoms with Crippen molar-refractivity contribution in [2.75, 3.05) is 33.9 Å². The number of nitrogens with zero attached hydrogens (tertiary/aromatic N) is 3. The van der Waals surface area contributed by atoms with E-state index < -0.39 is 0 Å². The van der Waals surface area contributed by atoms with Gasteiger partial charge in [-0.15, -0.1) is 0 Å². The van der Waals surface area contributed by atoms with E-state index in [1.54, 1.807) is 25.2 Å². The van der Waals surface area contributed by atoms with Gasteiger partial charge in [-0.05, 0) is 30.4 Å². The molecular weight excluding hydrogens is 294 g/mol. The maximum Gasteiger partial charge on any atom is 0.319 e. The SMILES string of the molecule is CN(C)C(=O)N1CCO[C@@H]2C[C@@H](COCc3cccnc3)C[C@H]21. The van der Waals surface area contributed by atoms with Gasteiger partial charge in [-0.1, -0.05) is 6.07 Å². The Bertz CT molecular complexity index is 523. The van der Waals surface area contributed by atoms with Crippen molar-refractivity contribution in [1.29, 1.82) is 0 Å². The van der Waals surface area contributed by atoms with E-state index in [0.29, 0.717) is 32.3 Å². The highest BCUT2D eigenvalue weighted by Gasteiger charge is 2.43. The van der Waals surface area contributed by atoms with Crippen LogP contribution in [0.3, 0.4) is 0 Å². The third kappa shape index (κ3) is 3.82. The first-order valence-corrected chi connectivity index (χ1v) is 8.21. The molecule has 1 aliphatic carbocycles. The summed E-state index contributed by atoms with van der Waals surface area (Å²) in [6, 6.07) is 4.20. The van der Waals surface area contributed by atoms with Crippen molar-refractivity contribution < 1.29 is 14.3 Å². The highest BCUT2D eigenvalue weighted by Crippen LogP contribution is 2.34. The Morgan fingerprint density at radius 2 is 2.35 bits per heavy atom. The molecule has 1 aromatic rings. The van der Waals surface area contributed by atoms with Gasteiger partial charge in [0.2, 0.25) is 0 Å². The number of carbonyl (C=O) groups excluding carboxylic acids is 1. The zero-order valence-corrected chi connectivity index (χ0v) is 13.9. The van der Waals surface area contributed by atoms with Gasteiger partial charge in [0.1, 0.15) is 0 Å². The second-order valence-corrected chi connectivity index (χ2v) is 6.56. The zero-order valence-electron chi connectivity index (χ0n) is 13.9. The van der Waals surface area contributed by atoms with Gasteiger partial charge in [0, 0.05) is 33.0 Å². The zero-order chi connectivity index (χ0) is 16.2. The fourth-order valence-electron chi connectivity index (χ4n) is 3.51. The van der Waals surface area contributed by atoms with Gasteiger partial charge < -0.3 is 19.3 Å². The Balaban J connectivity index is 1.51. The van der Waals surface area contributed by atoms with Crippen molar-refractivity contribution in [2.24, 2.45) is 5.92 Å². The number of aromatic nitrogens is 1. The monoisotopic (exact) mass is 319 g/mol. The molecule has 2 heterocycles. The first-order chi connectivity index (χ1) is 11.1. The number of morpholine rings is 1.